The van der Waals surface area contributed by atoms with E-state index in [1.807, 2.05) is 23.2 Å². The minimum atomic E-state index is 0.0697. The molecular weight excluding hydrogens is 298 g/mol. The van der Waals surface area contributed by atoms with E-state index in [9.17, 15) is 4.79 Å². The summed E-state index contributed by atoms with van der Waals surface area (Å²) in [7, 11) is 0. The summed E-state index contributed by atoms with van der Waals surface area (Å²) in [5.74, 6) is 0.0697. The molecule has 0 radical (unpaired) electrons. The SMILES string of the molecule is O=C(c1ccc(N2CCCc3ccccc32)cn1)N1CCCCC1. The Morgan fingerprint density at radius 1 is 0.917 bits per heavy atom. The summed E-state index contributed by atoms with van der Waals surface area (Å²) in [6.07, 6.45) is 7.56. The first-order valence-electron chi connectivity index (χ1n) is 8.94. The zero-order valence-electron chi connectivity index (χ0n) is 13.9. The van der Waals surface area contributed by atoms with E-state index in [2.05, 4.69) is 34.1 Å². The Bertz CT molecular complexity index is 720. The van der Waals surface area contributed by atoms with Crippen LogP contribution in [-0.2, 0) is 6.42 Å². The maximum absolute atomic E-state index is 12.5. The number of hydrogen-bond donors (Lipinski definition) is 0. The molecule has 1 amide bonds. The van der Waals surface area contributed by atoms with E-state index >= 15 is 0 Å². The zero-order chi connectivity index (χ0) is 16.4. The molecular formula is C20H23N3O. The molecule has 2 aliphatic rings. The number of anilines is 2. The molecule has 0 N–H and O–H groups in total. The summed E-state index contributed by atoms with van der Waals surface area (Å²) in [5, 5.41) is 0. The van der Waals surface area contributed by atoms with Crippen LogP contribution < -0.4 is 4.90 Å². The molecule has 1 fully saturated rings. The highest BCUT2D eigenvalue weighted by molar-refractivity contribution is 5.92. The molecule has 4 rings (SSSR count). The monoisotopic (exact) mass is 321 g/mol. The van der Waals surface area contributed by atoms with Crippen molar-refractivity contribution in [2.75, 3.05) is 24.5 Å². The lowest BCUT2D eigenvalue weighted by Gasteiger charge is -2.31. The van der Waals surface area contributed by atoms with Gasteiger partial charge in [-0.15, -0.1) is 0 Å². The van der Waals surface area contributed by atoms with E-state index in [0.29, 0.717) is 5.69 Å². The lowest BCUT2D eigenvalue weighted by atomic mass is 10.0. The third-order valence-electron chi connectivity index (χ3n) is 5.03. The van der Waals surface area contributed by atoms with Gasteiger partial charge < -0.3 is 9.80 Å². The molecule has 2 aliphatic heterocycles. The van der Waals surface area contributed by atoms with Gasteiger partial charge in [-0.25, -0.2) is 4.98 Å². The van der Waals surface area contributed by atoms with E-state index in [1.54, 1.807) is 0 Å². The third kappa shape index (κ3) is 2.88. The Labute approximate surface area is 143 Å². The fourth-order valence-corrected chi connectivity index (χ4v) is 3.73. The number of likely N-dealkylation sites (tertiary alicyclic amines) is 1. The molecule has 0 spiro atoms. The first-order chi connectivity index (χ1) is 11.8. The predicted octanol–water partition coefficient (Wildman–Crippen LogP) is 3.79. The Balaban J connectivity index is 1.55. The van der Waals surface area contributed by atoms with Crippen molar-refractivity contribution in [3.8, 4) is 0 Å². The Morgan fingerprint density at radius 2 is 1.75 bits per heavy atom. The number of benzene rings is 1. The van der Waals surface area contributed by atoms with Gasteiger partial charge in [0.1, 0.15) is 5.69 Å². The number of para-hydroxylation sites is 1. The molecule has 24 heavy (non-hydrogen) atoms. The van der Waals surface area contributed by atoms with Crippen molar-refractivity contribution < 1.29 is 4.79 Å². The fraction of sp³-hybridized carbons (Fsp3) is 0.400. The highest BCUT2D eigenvalue weighted by Gasteiger charge is 2.21. The molecule has 1 aromatic carbocycles. The Hall–Kier alpha value is -2.36. The lowest BCUT2D eigenvalue weighted by molar-refractivity contribution is 0.0718. The number of amides is 1. The number of aromatic nitrogens is 1. The smallest absolute Gasteiger partial charge is 0.272 e. The van der Waals surface area contributed by atoms with Crippen LogP contribution in [0.2, 0.25) is 0 Å². The number of rotatable bonds is 2. The summed E-state index contributed by atoms with van der Waals surface area (Å²) in [6.45, 7) is 2.72. The Morgan fingerprint density at radius 3 is 2.54 bits per heavy atom. The second-order valence-corrected chi connectivity index (χ2v) is 6.64. The normalized spacial score (nSPS) is 17.5. The molecule has 1 saturated heterocycles. The van der Waals surface area contributed by atoms with Crippen molar-refractivity contribution in [3.05, 3.63) is 53.9 Å². The van der Waals surface area contributed by atoms with E-state index in [4.69, 9.17) is 0 Å². The quantitative estimate of drug-likeness (QED) is 0.844. The Kier molecular flexibility index (Phi) is 4.20. The van der Waals surface area contributed by atoms with E-state index in [1.165, 1.54) is 17.7 Å². The summed E-state index contributed by atoms with van der Waals surface area (Å²) in [4.78, 5) is 21.2. The minimum Gasteiger partial charge on any atom is -0.340 e. The number of fused-ring (bicyclic) bond motifs is 1. The van der Waals surface area contributed by atoms with Gasteiger partial charge in [0.15, 0.2) is 0 Å². The largest absolute Gasteiger partial charge is 0.340 e. The number of piperidine rings is 1. The number of carbonyl (C=O) groups excluding carboxylic acids is 1. The second-order valence-electron chi connectivity index (χ2n) is 6.64. The van der Waals surface area contributed by atoms with E-state index < -0.39 is 0 Å². The van der Waals surface area contributed by atoms with Crippen molar-refractivity contribution >= 4 is 17.3 Å². The average Bonchev–Trinajstić information content (AvgIpc) is 2.68. The van der Waals surface area contributed by atoms with Gasteiger partial charge in [-0.3, -0.25) is 4.79 Å². The van der Waals surface area contributed by atoms with Crippen LogP contribution in [0.15, 0.2) is 42.6 Å². The number of carbonyl (C=O) groups is 1. The number of pyridine rings is 1. The van der Waals surface area contributed by atoms with Crippen LogP contribution in [-0.4, -0.2) is 35.4 Å². The van der Waals surface area contributed by atoms with Crippen molar-refractivity contribution in [2.45, 2.75) is 32.1 Å². The van der Waals surface area contributed by atoms with Crippen LogP contribution >= 0.6 is 0 Å². The van der Waals surface area contributed by atoms with Gasteiger partial charge in [-0.05, 0) is 55.9 Å². The van der Waals surface area contributed by atoms with Gasteiger partial charge in [0.25, 0.3) is 5.91 Å². The highest BCUT2D eigenvalue weighted by Crippen LogP contribution is 2.32. The summed E-state index contributed by atoms with van der Waals surface area (Å²) in [6, 6.07) is 12.5. The van der Waals surface area contributed by atoms with Gasteiger partial charge in [-0.2, -0.15) is 0 Å². The molecule has 2 aromatic rings. The second kappa shape index (κ2) is 6.63. The average molecular weight is 321 g/mol. The maximum atomic E-state index is 12.5. The van der Waals surface area contributed by atoms with Gasteiger partial charge in [0, 0.05) is 25.3 Å². The standard InChI is InChI=1S/C20H23N3O/c24-20(22-12-4-1-5-13-22)18-11-10-17(15-21-18)23-14-6-8-16-7-2-3-9-19(16)23/h2-3,7,9-11,15H,1,4-6,8,12-14H2. The van der Waals surface area contributed by atoms with Crippen LogP contribution in [0.25, 0.3) is 0 Å². The molecule has 4 nitrogen and oxygen atoms in total. The molecule has 1 aromatic heterocycles. The zero-order valence-corrected chi connectivity index (χ0v) is 13.9. The number of hydrogen-bond acceptors (Lipinski definition) is 3. The topological polar surface area (TPSA) is 36.4 Å². The van der Waals surface area contributed by atoms with Crippen LogP contribution in [0.4, 0.5) is 11.4 Å². The molecule has 0 aliphatic carbocycles. The van der Waals surface area contributed by atoms with Gasteiger partial charge in [0.05, 0.1) is 11.9 Å². The first-order valence-corrected chi connectivity index (χ1v) is 8.94. The van der Waals surface area contributed by atoms with Gasteiger partial charge >= 0.3 is 0 Å². The molecule has 0 saturated carbocycles. The molecule has 124 valence electrons. The maximum Gasteiger partial charge on any atom is 0.272 e. The molecule has 0 bridgehead atoms. The van der Waals surface area contributed by atoms with Crippen LogP contribution in [0.5, 0.6) is 0 Å². The third-order valence-corrected chi connectivity index (χ3v) is 5.03. The molecule has 0 unspecified atom stereocenters. The molecule has 3 heterocycles. The van der Waals surface area contributed by atoms with Crippen molar-refractivity contribution in [1.82, 2.24) is 9.88 Å². The van der Waals surface area contributed by atoms with Crippen molar-refractivity contribution in [2.24, 2.45) is 0 Å². The van der Waals surface area contributed by atoms with E-state index in [-0.39, 0.29) is 5.91 Å². The number of aryl methyl sites for hydroxylation is 1. The number of nitrogens with zero attached hydrogens (tertiary/aromatic N) is 3. The minimum absolute atomic E-state index is 0.0697. The predicted molar refractivity (Wildman–Crippen MR) is 95.8 cm³/mol. The van der Waals surface area contributed by atoms with Crippen LogP contribution in [0.1, 0.15) is 41.7 Å². The lowest BCUT2D eigenvalue weighted by Crippen LogP contribution is -2.36. The first kappa shape index (κ1) is 15.2. The molecule has 0 atom stereocenters. The summed E-state index contributed by atoms with van der Waals surface area (Å²) >= 11 is 0. The van der Waals surface area contributed by atoms with Crippen molar-refractivity contribution in [3.63, 3.8) is 0 Å². The van der Waals surface area contributed by atoms with Crippen LogP contribution in [0, 0.1) is 0 Å². The van der Waals surface area contributed by atoms with E-state index in [0.717, 1.165) is 51.0 Å². The fourth-order valence-electron chi connectivity index (χ4n) is 3.73. The van der Waals surface area contributed by atoms with Gasteiger partial charge in [-0.1, -0.05) is 18.2 Å². The highest BCUT2D eigenvalue weighted by atomic mass is 16.2. The van der Waals surface area contributed by atoms with Gasteiger partial charge in [0.2, 0.25) is 0 Å². The van der Waals surface area contributed by atoms with Crippen molar-refractivity contribution in [1.29, 1.82) is 0 Å². The van der Waals surface area contributed by atoms with Crippen LogP contribution in [0.3, 0.4) is 0 Å². The summed E-state index contributed by atoms with van der Waals surface area (Å²) in [5.41, 5.74) is 4.28. The summed E-state index contributed by atoms with van der Waals surface area (Å²) < 4.78 is 0. The molecule has 4 heteroatoms.